The lowest BCUT2D eigenvalue weighted by molar-refractivity contribution is -0.109. The van der Waals surface area contributed by atoms with E-state index in [-0.39, 0.29) is 0 Å². The Morgan fingerprint density at radius 3 is 2.36 bits per heavy atom. The Morgan fingerprint density at radius 1 is 1.09 bits per heavy atom. The van der Waals surface area contributed by atoms with Gasteiger partial charge in [-0.2, -0.15) is 0 Å². The van der Waals surface area contributed by atoms with Gasteiger partial charge in [-0.1, -0.05) is 32.1 Å². The van der Waals surface area contributed by atoms with Gasteiger partial charge in [-0.3, -0.25) is 0 Å². The predicted molar refractivity (Wildman–Crippen MR) is 44.2 cm³/mol. The number of carbonyl (C=O) groups is 1. The first-order valence-corrected chi connectivity index (χ1v) is 4.87. The van der Waals surface area contributed by atoms with Gasteiger partial charge >= 0.3 is 0 Å². The van der Waals surface area contributed by atoms with Crippen molar-refractivity contribution in [2.24, 2.45) is 17.8 Å². The van der Waals surface area contributed by atoms with Gasteiger partial charge in [0.1, 0.15) is 6.29 Å². The summed E-state index contributed by atoms with van der Waals surface area (Å²) in [6.45, 7) is 0. The average molecular weight is 152 g/mol. The molecule has 2 aliphatic rings. The lowest BCUT2D eigenvalue weighted by Gasteiger charge is -2.20. The standard InChI is InChI=1S/C10H16O/c11-7-9-6-10(9)8-4-2-1-3-5-8/h7-10H,1-6H2. The summed E-state index contributed by atoms with van der Waals surface area (Å²) < 4.78 is 0. The fourth-order valence-corrected chi connectivity index (χ4v) is 2.50. The lowest BCUT2D eigenvalue weighted by Crippen LogP contribution is -2.09. The zero-order valence-corrected chi connectivity index (χ0v) is 6.96. The molecule has 0 heterocycles. The molecule has 0 aliphatic heterocycles. The molecule has 11 heavy (non-hydrogen) atoms. The fourth-order valence-electron chi connectivity index (χ4n) is 2.50. The van der Waals surface area contributed by atoms with Crippen LogP contribution in [0.2, 0.25) is 0 Å². The van der Waals surface area contributed by atoms with Crippen LogP contribution < -0.4 is 0 Å². The van der Waals surface area contributed by atoms with Crippen molar-refractivity contribution >= 4 is 6.29 Å². The minimum Gasteiger partial charge on any atom is -0.303 e. The van der Waals surface area contributed by atoms with Crippen LogP contribution in [-0.4, -0.2) is 6.29 Å². The number of aldehydes is 1. The van der Waals surface area contributed by atoms with E-state index in [9.17, 15) is 4.79 Å². The largest absolute Gasteiger partial charge is 0.303 e. The van der Waals surface area contributed by atoms with Gasteiger partial charge in [0.05, 0.1) is 0 Å². The first kappa shape index (κ1) is 7.33. The Balaban J connectivity index is 1.81. The third kappa shape index (κ3) is 1.47. The van der Waals surface area contributed by atoms with E-state index in [4.69, 9.17) is 0 Å². The van der Waals surface area contributed by atoms with Crippen molar-refractivity contribution in [3.63, 3.8) is 0 Å². The number of hydrogen-bond acceptors (Lipinski definition) is 1. The smallest absolute Gasteiger partial charge is 0.123 e. The van der Waals surface area contributed by atoms with Gasteiger partial charge in [0.2, 0.25) is 0 Å². The molecule has 2 aliphatic carbocycles. The molecule has 2 atom stereocenters. The summed E-state index contributed by atoms with van der Waals surface area (Å²) in [6, 6.07) is 0. The third-order valence-electron chi connectivity index (χ3n) is 3.32. The first-order chi connectivity index (χ1) is 5.42. The van der Waals surface area contributed by atoms with Gasteiger partial charge in [0.25, 0.3) is 0 Å². The van der Waals surface area contributed by atoms with Crippen LogP contribution in [0.3, 0.4) is 0 Å². The van der Waals surface area contributed by atoms with Crippen LogP contribution in [0.4, 0.5) is 0 Å². The summed E-state index contributed by atoms with van der Waals surface area (Å²) in [4.78, 5) is 10.4. The van der Waals surface area contributed by atoms with Gasteiger partial charge in [0, 0.05) is 5.92 Å². The quantitative estimate of drug-likeness (QED) is 0.555. The Hall–Kier alpha value is -0.330. The first-order valence-electron chi connectivity index (χ1n) is 4.87. The second-order valence-corrected chi connectivity index (χ2v) is 4.10. The molecule has 0 bridgehead atoms. The van der Waals surface area contributed by atoms with Crippen LogP contribution in [-0.2, 0) is 4.79 Å². The van der Waals surface area contributed by atoms with Crippen LogP contribution in [0.5, 0.6) is 0 Å². The molecular weight excluding hydrogens is 136 g/mol. The Labute approximate surface area is 68.2 Å². The van der Waals surface area contributed by atoms with Crippen molar-refractivity contribution in [2.45, 2.75) is 38.5 Å². The molecule has 2 rings (SSSR count). The van der Waals surface area contributed by atoms with E-state index in [1.807, 2.05) is 0 Å². The Morgan fingerprint density at radius 2 is 1.82 bits per heavy atom. The number of hydrogen-bond donors (Lipinski definition) is 0. The molecule has 2 fully saturated rings. The summed E-state index contributed by atoms with van der Waals surface area (Å²) in [7, 11) is 0. The fraction of sp³-hybridized carbons (Fsp3) is 0.900. The van der Waals surface area contributed by atoms with Crippen molar-refractivity contribution in [3.8, 4) is 0 Å². The summed E-state index contributed by atoms with van der Waals surface area (Å²) in [5.41, 5.74) is 0. The SMILES string of the molecule is O=CC1CC1C1CCCCC1. The van der Waals surface area contributed by atoms with Crippen LogP contribution >= 0.6 is 0 Å². The van der Waals surface area contributed by atoms with Crippen LogP contribution in [0.25, 0.3) is 0 Å². The molecule has 1 nitrogen and oxygen atoms in total. The zero-order chi connectivity index (χ0) is 7.68. The molecule has 0 spiro atoms. The van der Waals surface area contributed by atoms with Crippen molar-refractivity contribution in [1.82, 2.24) is 0 Å². The van der Waals surface area contributed by atoms with E-state index < -0.39 is 0 Å². The highest BCUT2D eigenvalue weighted by Gasteiger charge is 2.42. The Kier molecular flexibility index (Phi) is 1.97. The average Bonchev–Trinajstić information content (AvgIpc) is 2.85. The van der Waals surface area contributed by atoms with Crippen molar-refractivity contribution < 1.29 is 4.79 Å². The van der Waals surface area contributed by atoms with Crippen molar-refractivity contribution in [1.29, 1.82) is 0 Å². The summed E-state index contributed by atoms with van der Waals surface area (Å²) in [5.74, 6) is 2.17. The highest BCUT2D eigenvalue weighted by Crippen LogP contribution is 2.47. The summed E-state index contributed by atoms with van der Waals surface area (Å²) in [6.07, 6.45) is 9.41. The van der Waals surface area contributed by atoms with Crippen LogP contribution in [0.1, 0.15) is 38.5 Å². The van der Waals surface area contributed by atoms with Crippen LogP contribution in [0, 0.1) is 17.8 Å². The van der Waals surface area contributed by atoms with E-state index >= 15 is 0 Å². The minimum atomic E-state index is 0.457. The van der Waals surface area contributed by atoms with Crippen LogP contribution in [0.15, 0.2) is 0 Å². The molecule has 1 heteroatoms. The number of rotatable bonds is 2. The molecule has 2 unspecified atom stereocenters. The molecule has 0 N–H and O–H groups in total. The monoisotopic (exact) mass is 152 g/mol. The molecule has 62 valence electrons. The molecule has 0 amide bonds. The Bertz CT molecular complexity index is 147. The number of carbonyl (C=O) groups excluding carboxylic acids is 1. The topological polar surface area (TPSA) is 17.1 Å². The molecule has 2 saturated carbocycles. The molecule has 0 aromatic heterocycles. The maximum Gasteiger partial charge on any atom is 0.123 e. The van der Waals surface area contributed by atoms with Gasteiger partial charge in [-0.15, -0.1) is 0 Å². The van der Waals surface area contributed by atoms with E-state index in [2.05, 4.69) is 0 Å². The maximum atomic E-state index is 10.4. The lowest BCUT2D eigenvalue weighted by atomic mass is 9.85. The molecular formula is C10H16O. The highest BCUT2D eigenvalue weighted by atomic mass is 16.1. The summed E-state index contributed by atoms with van der Waals surface area (Å²) >= 11 is 0. The molecule has 0 radical (unpaired) electrons. The second kappa shape index (κ2) is 2.96. The predicted octanol–water partition coefficient (Wildman–Crippen LogP) is 2.40. The van der Waals surface area contributed by atoms with Gasteiger partial charge in [-0.05, 0) is 18.3 Å². The third-order valence-corrected chi connectivity index (χ3v) is 3.32. The second-order valence-electron chi connectivity index (χ2n) is 4.10. The normalized spacial score (nSPS) is 38.5. The van der Waals surface area contributed by atoms with Gasteiger partial charge < -0.3 is 4.79 Å². The molecule has 0 aromatic carbocycles. The molecule has 0 aromatic rings. The molecule has 0 saturated heterocycles. The maximum absolute atomic E-state index is 10.4. The highest BCUT2D eigenvalue weighted by molar-refractivity contribution is 5.58. The minimum absolute atomic E-state index is 0.457. The van der Waals surface area contributed by atoms with Gasteiger partial charge in [-0.25, -0.2) is 0 Å². The zero-order valence-electron chi connectivity index (χ0n) is 6.96. The van der Waals surface area contributed by atoms with Crippen molar-refractivity contribution in [3.05, 3.63) is 0 Å². The van der Waals surface area contributed by atoms with E-state index in [1.54, 1.807) is 0 Å². The van der Waals surface area contributed by atoms with E-state index in [0.717, 1.165) is 11.8 Å². The van der Waals surface area contributed by atoms with E-state index in [1.165, 1.54) is 44.8 Å². The summed E-state index contributed by atoms with van der Waals surface area (Å²) in [5, 5.41) is 0. The van der Waals surface area contributed by atoms with Crippen molar-refractivity contribution in [2.75, 3.05) is 0 Å². The van der Waals surface area contributed by atoms with E-state index in [0.29, 0.717) is 5.92 Å². The van der Waals surface area contributed by atoms with Gasteiger partial charge in [0.15, 0.2) is 0 Å².